The molecule has 0 aliphatic rings. The number of phenols is 1. The van der Waals surface area contributed by atoms with Crippen molar-refractivity contribution in [1.82, 2.24) is 10.2 Å². The maximum atomic E-state index is 11.3. The fourth-order valence-corrected chi connectivity index (χ4v) is 1.92. The van der Waals surface area contributed by atoms with Gasteiger partial charge in [0.25, 0.3) is 5.56 Å². The van der Waals surface area contributed by atoms with Gasteiger partial charge in [0.1, 0.15) is 10.7 Å². The van der Waals surface area contributed by atoms with Crippen LogP contribution in [0.2, 0.25) is 10.0 Å². The lowest BCUT2D eigenvalue weighted by molar-refractivity contribution is 0.318. The van der Waals surface area contributed by atoms with E-state index < -0.39 is 5.56 Å². The molecule has 1 heterocycles. The number of aromatic nitrogens is 2. The fourth-order valence-electron chi connectivity index (χ4n) is 1.57. The third-order valence-corrected chi connectivity index (χ3v) is 3.21. The van der Waals surface area contributed by atoms with Crippen LogP contribution in [0.5, 0.6) is 11.5 Å². The molecular formula is C13H12Cl2N4O3. The average Bonchev–Trinajstić information content (AvgIpc) is 2.49. The number of halogens is 2. The van der Waals surface area contributed by atoms with Crippen molar-refractivity contribution in [2.24, 2.45) is 5.10 Å². The molecule has 2 aromatic rings. The monoisotopic (exact) mass is 342 g/mol. The summed E-state index contributed by atoms with van der Waals surface area (Å²) in [6, 6.07) is 3.09. The lowest BCUT2D eigenvalue weighted by atomic mass is 10.2. The average molecular weight is 343 g/mol. The van der Waals surface area contributed by atoms with Crippen molar-refractivity contribution in [2.45, 2.75) is 6.92 Å². The van der Waals surface area contributed by atoms with Crippen molar-refractivity contribution in [3.63, 3.8) is 0 Å². The Kier molecular flexibility index (Phi) is 5.24. The van der Waals surface area contributed by atoms with Gasteiger partial charge >= 0.3 is 0 Å². The van der Waals surface area contributed by atoms with E-state index in [2.05, 4.69) is 20.7 Å². The molecule has 0 bridgehead atoms. The van der Waals surface area contributed by atoms with Gasteiger partial charge in [-0.1, -0.05) is 23.2 Å². The molecule has 7 nitrogen and oxygen atoms in total. The molecule has 0 saturated heterocycles. The van der Waals surface area contributed by atoms with Crippen LogP contribution in [0.4, 0.5) is 5.69 Å². The number of hydrazone groups is 1. The van der Waals surface area contributed by atoms with Crippen LogP contribution in [0.3, 0.4) is 0 Å². The smallest absolute Gasteiger partial charge is 0.285 e. The zero-order valence-electron chi connectivity index (χ0n) is 11.4. The van der Waals surface area contributed by atoms with E-state index in [0.29, 0.717) is 12.2 Å². The predicted octanol–water partition coefficient (Wildman–Crippen LogP) is 2.63. The standard InChI is InChI=1S/C13H12Cl2N4O3/c1-2-22-10-4-7(3-8(14)12(10)20)5-16-18-9-6-17-19-13(21)11(9)15/h3-6,20H,2H2,1H3,(H2,18,19,21)/b16-5-. The second kappa shape index (κ2) is 7.15. The third kappa shape index (κ3) is 3.69. The molecule has 0 fully saturated rings. The molecule has 22 heavy (non-hydrogen) atoms. The molecule has 9 heteroatoms. The van der Waals surface area contributed by atoms with Crippen LogP contribution in [0, 0.1) is 0 Å². The Morgan fingerprint density at radius 3 is 3.00 bits per heavy atom. The van der Waals surface area contributed by atoms with E-state index in [0.717, 1.165) is 0 Å². The highest BCUT2D eigenvalue weighted by Gasteiger charge is 2.08. The van der Waals surface area contributed by atoms with Crippen LogP contribution >= 0.6 is 23.2 Å². The molecular weight excluding hydrogens is 331 g/mol. The summed E-state index contributed by atoms with van der Waals surface area (Å²) in [4.78, 5) is 11.3. The minimum atomic E-state index is -0.520. The summed E-state index contributed by atoms with van der Waals surface area (Å²) in [7, 11) is 0. The molecule has 0 radical (unpaired) electrons. The molecule has 1 aromatic heterocycles. The Bertz CT molecular complexity index is 761. The number of nitrogens with zero attached hydrogens (tertiary/aromatic N) is 2. The number of nitrogens with one attached hydrogen (secondary N) is 2. The van der Waals surface area contributed by atoms with Crippen LogP contribution < -0.4 is 15.7 Å². The van der Waals surface area contributed by atoms with Crippen molar-refractivity contribution in [2.75, 3.05) is 12.0 Å². The summed E-state index contributed by atoms with van der Waals surface area (Å²) < 4.78 is 5.26. The van der Waals surface area contributed by atoms with E-state index in [1.807, 2.05) is 0 Å². The number of hydrogen-bond acceptors (Lipinski definition) is 6. The quantitative estimate of drug-likeness (QED) is 0.572. The third-order valence-electron chi connectivity index (χ3n) is 2.54. The molecule has 116 valence electrons. The van der Waals surface area contributed by atoms with Gasteiger partial charge in [-0.05, 0) is 24.6 Å². The highest BCUT2D eigenvalue weighted by atomic mass is 35.5. The Balaban J connectivity index is 2.20. The van der Waals surface area contributed by atoms with Crippen LogP contribution in [-0.4, -0.2) is 28.1 Å². The van der Waals surface area contributed by atoms with Crippen molar-refractivity contribution >= 4 is 35.1 Å². The summed E-state index contributed by atoms with van der Waals surface area (Å²) in [5.74, 6) is 0.128. The minimum absolute atomic E-state index is 0.0501. The van der Waals surface area contributed by atoms with Gasteiger partial charge in [0.15, 0.2) is 11.5 Å². The summed E-state index contributed by atoms with van der Waals surface area (Å²) in [6.07, 6.45) is 2.77. The van der Waals surface area contributed by atoms with Gasteiger partial charge in [0.2, 0.25) is 0 Å². The summed E-state index contributed by atoms with van der Waals surface area (Å²) in [5.41, 5.74) is 2.93. The van der Waals surface area contributed by atoms with Gasteiger partial charge in [-0.2, -0.15) is 10.2 Å². The SMILES string of the molecule is CCOc1cc(/C=N\Nc2cn[nH]c(=O)c2Cl)cc(Cl)c1O. The molecule has 0 saturated carbocycles. The number of rotatable bonds is 5. The molecule has 3 N–H and O–H groups in total. The fraction of sp³-hybridized carbons (Fsp3) is 0.154. The molecule has 0 aliphatic carbocycles. The first-order chi connectivity index (χ1) is 10.5. The van der Waals surface area contributed by atoms with Crippen molar-refractivity contribution < 1.29 is 9.84 Å². The first kappa shape index (κ1) is 16.1. The lowest BCUT2D eigenvalue weighted by Crippen LogP contribution is -2.10. The van der Waals surface area contributed by atoms with Crippen molar-refractivity contribution in [3.8, 4) is 11.5 Å². The van der Waals surface area contributed by atoms with Crippen molar-refractivity contribution in [1.29, 1.82) is 0 Å². The minimum Gasteiger partial charge on any atom is -0.503 e. The topological polar surface area (TPSA) is 99.6 Å². The van der Waals surface area contributed by atoms with E-state index >= 15 is 0 Å². The first-order valence-electron chi connectivity index (χ1n) is 6.20. The number of benzene rings is 1. The van der Waals surface area contributed by atoms with Gasteiger partial charge in [-0.15, -0.1) is 0 Å². The molecule has 2 rings (SSSR count). The van der Waals surface area contributed by atoms with E-state index in [1.165, 1.54) is 18.5 Å². The molecule has 0 aliphatic heterocycles. The Morgan fingerprint density at radius 2 is 2.27 bits per heavy atom. The van der Waals surface area contributed by atoms with E-state index in [9.17, 15) is 9.90 Å². The number of anilines is 1. The van der Waals surface area contributed by atoms with Gasteiger partial charge in [-0.25, -0.2) is 5.10 Å². The normalized spacial score (nSPS) is 10.9. The van der Waals surface area contributed by atoms with Gasteiger partial charge in [0.05, 0.1) is 24.0 Å². The second-order valence-electron chi connectivity index (χ2n) is 4.08. The lowest BCUT2D eigenvalue weighted by Gasteiger charge is -2.08. The summed E-state index contributed by atoms with van der Waals surface area (Å²) >= 11 is 11.7. The highest BCUT2D eigenvalue weighted by molar-refractivity contribution is 6.33. The van der Waals surface area contributed by atoms with Gasteiger partial charge in [-0.3, -0.25) is 10.2 Å². The molecule has 0 unspecified atom stereocenters. The van der Waals surface area contributed by atoms with Gasteiger partial charge < -0.3 is 9.84 Å². The predicted molar refractivity (Wildman–Crippen MR) is 85.4 cm³/mol. The highest BCUT2D eigenvalue weighted by Crippen LogP contribution is 2.34. The maximum absolute atomic E-state index is 11.3. The van der Waals surface area contributed by atoms with Crippen molar-refractivity contribution in [3.05, 3.63) is 44.3 Å². The largest absolute Gasteiger partial charge is 0.503 e. The molecule has 0 amide bonds. The zero-order valence-corrected chi connectivity index (χ0v) is 12.9. The van der Waals surface area contributed by atoms with Crippen LogP contribution in [-0.2, 0) is 0 Å². The second-order valence-corrected chi connectivity index (χ2v) is 4.86. The summed E-state index contributed by atoms with van der Waals surface area (Å²) in [5, 5.41) is 19.6. The molecule has 0 atom stereocenters. The number of hydrogen-bond donors (Lipinski definition) is 3. The van der Waals surface area contributed by atoms with Crippen LogP contribution in [0.15, 0.2) is 28.2 Å². The number of aromatic hydroxyl groups is 1. The molecule has 1 aromatic carbocycles. The van der Waals surface area contributed by atoms with Crippen LogP contribution in [0.1, 0.15) is 12.5 Å². The maximum Gasteiger partial charge on any atom is 0.285 e. The van der Waals surface area contributed by atoms with E-state index in [-0.39, 0.29) is 27.2 Å². The Morgan fingerprint density at radius 1 is 1.50 bits per heavy atom. The number of ether oxygens (including phenoxy) is 1. The van der Waals surface area contributed by atoms with E-state index in [4.69, 9.17) is 27.9 Å². The first-order valence-corrected chi connectivity index (χ1v) is 6.96. The van der Waals surface area contributed by atoms with Gasteiger partial charge in [0, 0.05) is 0 Å². The summed E-state index contributed by atoms with van der Waals surface area (Å²) in [6.45, 7) is 2.17. The number of phenolic OH excluding ortho intramolecular Hbond substituents is 1. The van der Waals surface area contributed by atoms with E-state index in [1.54, 1.807) is 13.0 Å². The number of H-pyrrole nitrogens is 1. The number of aromatic amines is 1. The Labute approximate surface area is 135 Å². The zero-order chi connectivity index (χ0) is 16.1. The Hall–Kier alpha value is -2.25. The van der Waals surface area contributed by atoms with Crippen LogP contribution in [0.25, 0.3) is 0 Å². The molecule has 0 spiro atoms.